The molecule has 7 heteroatoms. The third kappa shape index (κ3) is 4.37. The van der Waals surface area contributed by atoms with Crippen LogP contribution in [0.2, 0.25) is 5.02 Å². The van der Waals surface area contributed by atoms with Gasteiger partial charge in [-0.25, -0.2) is 0 Å². The number of nitrogens with zero attached hydrogens (tertiary/aromatic N) is 1. The highest BCUT2D eigenvalue weighted by atomic mass is 79.9. The Bertz CT molecular complexity index is 728. The Kier molecular flexibility index (Phi) is 5.73. The quantitative estimate of drug-likeness (QED) is 0.723. The number of hydrogen-bond acceptors (Lipinski definition) is 2. The maximum atomic E-state index is 13.2. The van der Waals surface area contributed by atoms with Crippen LogP contribution in [0.25, 0.3) is 0 Å². The van der Waals surface area contributed by atoms with E-state index in [2.05, 4.69) is 26.1 Å². The van der Waals surface area contributed by atoms with Gasteiger partial charge in [0.25, 0.3) is 0 Å². The van der Waals surface area contributed by atoms with Crippen molar-refractivity contribution in [2.45, 2.75) is 12.2 Å². The van der Waals surface area contributed by atoms with E-state index in [0.29, 0.717) is 10.6 Å². The van der Waals surface area contributed by atoms with Crippen LogP contribution in [0.15, 0.2) is 46.9 Å². The van der Waals surface area contributed by atoms with Crippen molar-refractivity contribution in [3.8, 4) is 0 Å². The average molecular weight is 434 g/mol. The molecule has 1 saturated heterocycles. The minimum absolute atomic E-state index is 0.315. The van der Waals surface area contributed by atoms with Gasteiger partial charge in [-0.1, -0.05) is 39.7 Å². The van der Waals surface area contributed by atoms with Gasteiger partial charge in [-0.15, -0.1) is 0 Å². The Morgan fingerprint density at radius 3 is 2.28 bits per heavy atom. The van der Waals surface area contributed by atoms with Gasteiger partial charge in [-0.3, -0.25) is 4.90 Å². The lowest BCUT2D eigenvalue weighted by Gasteiger charge is -2.36. The molecule has 1 aliphatic rings. The molecule has 25 heavy (non-hydrogen) atoms. The average Bonchev–Trinajstić information content (AvgIpc) is 2.58. The van der Waals surface area contributed by atoms with E-state index in [1.165, 1.54) is 12.1 Å². The number of alkyl halides is 3. The van der Waals surface area contributed by atoms with Crippen LogP contribution in [-0.4, -0.2) is 31.1 Å². The minimum atomic E-state index is -4.40. The van der Waals surface area contributed by atoms with Crippen molar-refractivity contribution >= 4 is 27.5 Å². The first-order valence-electron chi connectivity index (χ1n) is 7.93. The normalized spacial score (nSPS) is 17.5. The van der Waals surface area contributed by atoms with E-state index < -0.39 is 11.7 Å². The van der Waals surface area contributed by atoms with Crippen LogP contribution in [0.5, 0.6) is 0 Å². The number of piperazine rings is 1. The number of hydrogen-bond donors (Lipinski definition) is 1. The van der Waals surface area contributed by atoms with Crippen LogP contribution in [0, 0.1) is 0 Å². The molecule has 2 nitrogen and oxygen atoms in total. The molecule has 1 atom stereocenters. The summed E-state index contributed by atoms with van der Waals surface area (Å²) in [5.74, 6) is 0. The highest BCUT2D eigenvalue weighted by molar-refractivity contribution is 9.10. The van der Waals surface area contributed by atoms with Gasteiger partial charge in [-0.2, -0.15) is 13.2 Å². The highest BCUT2D eigenvalue weighted by Crippen LogP contribution is 2.38. The second-order valence-corrected chi connectivity index (χ2v) is 7.30. The summed E-state index contributed by atoms with van der Waals surface area (Å²) in [6.07, 6.45) is -4.40. The van der Waals surface area contributed by atoms with Crippen molar-refractivity contribution in [1.29, 1.82) is 0 Å². The summed E-state index contributed by atoms with van der Waals surface area (Å²) in [7, 11) is 0. The third-order valence-electron chi connectivity index (χ3n) is 4.32. The van der Waals surface area contributed by atoms with Crippen LogP contribution >= 0.6 is 27.5 Å². The third-order valence-corrected chi connectivity index (χ3v) is 5.19. The molecule has 1 fully saturated rings. The van der Waals surface area contributed by atoms with E-state index in [1.807, 2.05) is 24.3 Å². The molecule has 0 spiro atoms. The molecule has 0 radical (unpaired) electrons. The molecule has 1 N–H and O–H groups in total. The Morgan fingerprint density at radius 1 is 1.04 bits per heavy atom. The molecule has 1 heterocycles. The maximum Gasteiger partial charge on any atom is 0.416 e. The molecular formula is C18H17BrClF3N2. The summed E-state index contributed by atoms with van der Waals surface area (Å²) in [5, 5.41) is 3.62. The smallest absolute Gasteiger partial charge is 0.314 e. The van der Waals surface area contributed by atoms with Crippen LogP contribution in [-0.2, 0) is 6.18 Å². The first kappa shape index (κ1) is 18.7. The fourth-order valence-electron chi connectivity index (χ4n) is 3.10. The molecule has 0 amide bonds. The van der Waals surface area contributed by atoms with Gasteiger partial charge < -0.3 is 5.32 Å². The van der Waals surface area contributed by atoms with Crippen molar-refractivity contribution in [2.75, 3.05) is 26.2 Å². The van der Waals surface area contributed by atoms with Gasteiger partial charge in [0.05, 0.1) is 11.6 Å². The zero-order valence-electron chi connectivity index (χ0n) is 13.3. The maximum absolute atomic E-state index is 13.2. The van der Waals surface area contributed by atoms with E-state index >= 15 is 0 Å². The zero-order chi connectivity index (χ0) is 18.0. The standard InChI is InChI=1S/C18H17BrClF3N2/c19-14-4-1-12(2-5-14)17(25-9-7-24-8-10-25)15-11-13(18(21,22)23)3-6-16(15)20/h1-6,11,17,24H,7-10H2. The topological polar surface area (TPSA) is 15.3 Å². The fraction of sp³-hybridized carbons (Fsp3) is 0.333. The second-order valence-electron chi connectivity index (χ2n) is 5.97. The van der Waals surface area contributed by atoms with Crippen LogP contribution in [0.3, 0.4) is 0 Å². The van der Waals surface area contributed by atoms with E-state index in [0.717, 1.165) is 42.3 Å². The Morgan fingerprint density at radius 2 is 1.68 bits per heavy atom. The lowest BCUT2D eigenvalue weighted by molar-refractivity contribution is -0.137. The molecule has 134 valence electrons. The Balaban J connectivity index is 2.09. The van der Waals surface area contributed by atoms with Crippen molar-refractivity contribution in [1.82, 2.24) is 10.2 Å². The molecule has 0 aliphatic carbocycles. The minimum Gasteiger partial charge on any atom is -0.314 e. The SMILES string of the molecule is FC(F)(F)c1ccc(Cl)c(C(c2ccc(Br)cc2)N2CCNCC2)c1. The number of benzene rings is 2. The molecule has 2 aromatic carbocycles. The lowest BCUT2D eigenvalue weighted by Crippen LogP contribution is -2.45. The van der Waals surface area contributed by atoms with E-state index in [1.54, 1.807) is 0 Å². The van der Waals surface area contributed by atoms with Crippen molar-refractivity contribution in [3.63, 3.8) is 0 Å². The Labute approximate surface area is 158 Å². The summed E-state index contributed by atoms with van der Waals surface area (Å²) in [6, 6.07) is 10.9. The first-order valence-corrected chi connectivity index (χ1v) is 9.10. The molecule has 1 aliphatic heterocycles. The van der Waals surface area contributed by atoms with Gasteiger partial charge in [0.2, 0.25) is 0 Å². The van der Waals surface area contributed by atoms with E-state index in [4.69, 9.17) is 11.6 Å². The summed E-state index contributed by atoms with van der Waals surface area (Å²) in [4.78, 5) is 2.17. The summed E-state index contributed by atoms with van der Waals surface area (Å²) >= 11 is 9.72. The van der Waals surface area contributed by atoms with Gasteiger partial charge in [0.15, 0.2) is 0 Å². The molecule has 0 saturated carbocycles. The zero-order valence-corrected chi connectivity index (χ0v) is 15.6. The number of nitrogens with one attached hydrogen (secondary N) is 1. The first-order chi connectivity index (χ1) is 11.9. The van der Waals surface area contributed by atoms with Crippen molar-refractivity contribution < 1.29 is 13.2 Å². The molecule has 0 bridgehead atoms. The van der Waals surface area contributed by atoms with Crippen LogP contribution < -0.4 is 5.32 Å². The summed E-state index contributed by atoms with van der Waals surface area (Å²) < 4.78 is 40.5. The predicted molar refractivity (Wildman–Crippen MR) is 96.9 cm³/mol. The lowest BCUT2D eigenvalue weighted by atomic mass is 9.95. The van der Waals surface area contributed by atoms with Crippen molar-refractivity contribution in [3.05, 3.63) is 68.7 Å². The molecule has 0 aromatic heterocycles. The largest absolute Gasteiger partial charge is 0.416 e. The van der Waals surface area contributed by atoms with Gasteiger partial charge in [0, 0.05) is 35.7 Å². The van der Waals surface area contributed by atoms with Gasteiger partial charge in [0.1, 0.15) is 0 Å². The molecule has 1 unspecified atom stereocenters. The number of halogens is 5. The van der Waals surface area contributed by atoms with E-state index in [9.17, 15) is 13.2 Å². The summed E-state index contributed by atoms with van der Waals surface area (Å²) in [6.45, 7) is 3.08. The fourth-order valence-corrected chi connectivity index (χ4v) is 3.59. The summed E-state index contributed by atoms with van der Waals surface area (Å²) in [5.41, 5.74) is 0.733. The molecule has 3 rings (SSSR count). The van der Waals surface area contributed by atoms with Crippen LogP contribution in [0.1, 0.15) is 22.7 Å². The van der Waals surface area contributed by atoms with Crippen LogP contribution in [0.4, 0.5) is 13.2 Å². The molecular weight excluding hydrogens is 417 g/mol. The number of rotatable bonds is 3. The van der Waals surface area contributed by atoms with E-state index in [-0.39, 0.29) is 6.04 Å². The van der Waals surface area contributed by atoms with Gasteiger partial charge in [-0.05, 0) is 41.5 Å². The Hall–Kier alpha value is -1.08. The highest BCUT2D eigenvalue weighted by Gasteiger charge is 2.33. The predicted octanol–water partition coefficient (Wildman–Crippen LogP) is 5.12. The molecule has 2 aromatic rings. The monoisotopic (exact) mass is 432 g/mol. The van der Waals surface area contributed by atoms with Gasteiger partial charge >= 0.3 is 6.18 Å². The second kappa shape index (κ2) is 7.66. The van der Waals surface area contributed by atoms with Crippen molar-refractivity contribution in [2.24, 2.45) is 0 Å².